The lowest BCUT2D eigenvalue weighted by Crippen LogP contribution is -2.14. The Balaban J connectivity index is 2.01. The lowest BCUT2D eigenvalue weighted by molar-refractivity contribution is 0.102. The van der Waals surface area contributed by atoms with E-state index >= 15 is 0 Å². The highest BCUT2D eigenvalue weighted by Gasteiger charge is 2.25. The van der Waals surface area contributed by atoms with Gasteiger partial charge in [-0.2, -0.15) is 5.21 Å². The number of benzene rings is 2. The first kappa shape index (κ1) is 18.5. The Morgan fingerprint density at radius 2 is 1.97 bits per heavy atom. The number of carbonyl (C=O) groups is 1. The zero-order valence-corrected chi connectivity index (χ0v) is 16.2. The normalized spacial score (nSPS) is 10.9. The molecule has 4 aromatic rings. The first-order valence-corrected chi connectivity index (χ1v) is 9.07. The fraction of sp³-hybridized carbons (Fsp3) is 0.200. The van der Waals surface area contributed by atoms with Crippen LogP contribution < -0.4 is 14.8 Å². The number of aromatic nitrogens is 5. The number of nitrogens with zero attached hydrogens (tertiary/aromatic N) is 3. The standard InChI is InChI=1S/C20H20N6O3/c1-4-12-16-13(10-14(28-2)18(12)29-3)21-17(15(16)11-8-6-5-7-9-11)19(27)22-20-23-25-26-24-20/h5-10,21H,4H2,1-3H3,(H2,22,23,24,25,26,27). The molecule has 0 radical (unpaired) electrons. The third kappa shape index (κ3) is 3.16. The molecule has 0 fully saturated rings. The molecule has 0 aliphatic heterocycles. The molecule has 1 amide bonds. The van der Waals surface area contributed by atoms with Gasteiger partial charge in [-0.3, -0.25) is 10.1 Å². The minimum atomic E-state index is -0.374. The average Bonchev–Trinajstić information content (AvgIpc) is 3.40. The molecule has 0 aliphatic rings. The molecule has 0 saturated carbocycles. The van der Waals surface area contributed by atoms with Crippen molar-refractivity contribution >= 4 is 22.8 Å². The molecule has 2 aromatic heterocycles. The van der Waals surface area contributed by atoms with Gasteiger partial charge in [0.25, 0.3) is 11.9 Å². The maximum atomic E-state index is 13.1. The summed E-state index contributed by atoms with van der Waals surface area (Å²) in [6.07, 6.45) is 0.695. The number of H-pyrrole nitrogens is 2. The number of nitrogens with one attached hydrogen (secondary N) is 3. The molecule has 29 heavy (non-hydrogen) atoms. The topological polar surface area (TPSA) is 118 Å². The maximum absolute atomic E-state index is 13.1. The monoisotopic (exact) mass is 392 g/mol. The Morgan fingerprint density at radius 1 is 1.17 bits per heavy atom. The number of anilines is 1. The van der Waals surface area contributed by atoms with Gasteiger partial charge < -0.3 is 14.5 Å². The summed E-state index contributed by atoms with van der Waals surface area (Å²) in [4.78, 5) is 16.3. The van der Waals surface area contributed by atoms with E-state index in [4.69, 9.17) is 9.47 Å². The number of aromatic amines is 2. The first-order chi connectivity index (χ1) is 14.2. The van der Waals surface area contributed by atoms with Gasteiger partial charge in [0, 0.05) is 22.6 Å². The molecule has 2 heterocycles. The van der Waals surface area contributed by atoms with Gasteiger partial charge in [0.2, 0.25) is 0 Å². The van der Waals surface area contributed by atoms with Crippen molar-refractivity contribution in [2.75, 3.05) is 19.5 Å². The average molecular weight is 392 g/mol. The number of amides is 1. The van der Waals surface area contributed by atoms with Crippen LogP contribution in [0.1, 0.15) is 23.0 Å². The summed E-state index contributed by atoms with van der Waals surface area (Å²) >= 11 is 0. The van der Waals surface area contributed by atoms with Gasteiger partial charge in [0.15, 0.2) is 11.5 Å². The zero-order valence-electron chi connectivity index (χ0n) is 16.2. The Bertz CT molecular complexity index is 1150. The van der Waals surface area contributed by atoms with E-state index in [2.05, 4.69) is 30.9 Å². The van der Waals surface area contributed by atoms with E-state index in [9.17, 15) is 4.79 Å². The second kappa shape index (κ2) is 7.63. The fourth-order valence-corrected chi connectivity index (χ4v) is 3.56. The minimum Gasteiger partial charge on any atom is -0.493 e. The first-order valence-electron chi connectivity index (χ1n) is 9.07. The number of carbonyl (C=O) groups excluding carboxylic acids is 1. The number of aryl methyl sites for hydroxylation is 1. The molecule has 0 atom stereocenters. The van der Waals surface area contributed by atoms with Crippen LogP contribution in [0.3, 0.4) is 0 Å². The van der Waals surface area contributed by atoms with Crippen LogP contribution in [-0.2, 0) is 6.42 Å². The van der Waals surface area contributed by atoms with Gasteiger partial charge in [0.1, 0.15) is 5.69 Å². The summed E-state index contributed by atoms with van der Waals surface area (Å²) in [6, 6.07) is 11.6. The van der Waals surface area contributed by atoms with Crippen molar-refractivity contribution in [3.63, 3.8) is 0 Å². The number of methoxy groups -OCH3 is 2. The van der Waals surface area contributed by atoms with Gasteiger partial charge >= 0.3 is 0 Å². The summed E-state index contributed by atoms with van der Waals surface area (Å²) in [5.41, 5.74) is 3.80. The van der Waals surface area contributed by atoms with E-state index in [1.165, 1.54) is 0 Å². The van der Waals surface area contributed by atoms with E-state index in [-0.39, 0.29) is 11.9 Å². The molecular weight excluding hydrogens is 372 g/mol. The molecule has 0 aliphatic carbocycles. The molecule has 9 nitrogen and oxygen atoms in total. The van der Waals surface area contributed by atoms with Crippen LogP contribution in [0, 0.1) is 0 Å². The predicted molar refractivity (Wildman–Crippen MR) is 108 cm³/mol. The Labute approximate surface area is 166 Å². The number of hydrogen-bond acceptors (Lipinski definition) is 6. The van der Waals surface area contributed by atoms with E-state index in [0.29, 0.717) is 23.6 Å². The number of fused-ring (bicyclic) bond motifs is 1. The highest BCUT2D eigenvalue weighted by molar-refractivity contribution is 6.15. The molecule has 148 valence electrons. The van der Waals surface area contributed by atoms with Crippen molar-refractivity contribution in [3.05, 3.63) is 47.7 Å². The van der Waals surface area contributed by atoms with Gasteiger partial charge in [-0.25, -0.2) is 0 Å². The molecule has 9 heteroatoms. The molecular formula is C20H20N6O3. The number of ether oxygens (including phenoxy) is 2. The predicted octanol–water partition coefficient (Wildman–Crippen LogP) is 3.18. The maximum Gasteiger partial charge on any atom is 0.275 e. The summed E-state index contributed by atoms with van der Waals surface area (Å²) in [6.45, 7) is 2.04. The smallest absolute Gasteiger partial charge is 0.275 e. The van der Waals surface area contributed by atoms with Crippen molar-refractivity contribution in [1.29, 1.82) is 0 Å². The number of rotatable bonds is 6. The van der Waals surface area contributed by atoms with Crippen molar-refractivity contribution in [2.24, 2.45) is 0 Å². The summed E-state index contributed by atoms with van der Waals surface area (Å²) in [5.74, 6) is 0.978. The molecule has 0 saturated heterocycles. The van der Waals surface area contributed by atoms with E-state index in [1.807, 2.05) is 43.3 Å². The molecule has 3 N–H and O–H groups in total. The molecule has 0 unspecified atom stereocenters. The van der Waals surface area contributed by atoms with Crippen LogP contribution in [-0.4, -0.2) is 45.7 Å². The van der Waals surface area contributed by atoms with Crippen molar-refractivity contribution < 1.29 is 14.3 Å². The van der Waals surface area contributed by atoms with Gasteiger partial charge in [-0.1, -0.05) is 42.4 Å². The second-order valence-electron chi connectivity index (χ2n) is 6.30. The molecule has 0 bridgehead atoms. The highest BCUT2D eigenvalue weighted by Crippen LogP contribution is 2.43. The number of hydrogen-bond donors (Lipinski definition) is 3. The van der Waals surface area contributed by atoms with E-state index in [1.54, 1.807) is 14.2 Å². The van der Waals surface area contributed by atoms with Crippen LogP contribution in [0.4, 0.5) is 5.95 Å². The van der Waals surface area contributed by atoms with Gasteiger partial charge in [-0.05, 0) is 17.2 Å². The SMILES string of the molecule is CCc1c(OC)c(OC)cc2[nH]c(C(=O)Nc3nn[nH]n3)c(-c3ccccc3)c12. The lowest BCUT2D eigenvalue weighted by Gasteiger charge is -2.14. The van der Waals surface area contributed by atoms with E-state index in [0.717, 1.165) is 27.6 Å². The minimum absolute atomic E-state index is 0.0959. The van der Waals surface area contributed by atoms with Crippen molar-refractivity contribution in [1.82, 2.24) is 25.6 Å². The van der Waals surface area contributed by atoms with Crippen molar-refractivity contribution in [2.45, 2.75) is 13.3 Å². The third-order valence-electron chi connectivity index (χ3n) is 4.74. The third-order valence-corrected chi connectivity index (χ3v) is 4.74. The Morgan fingerprint density at radius 3 is 2.59 bits per heavy atom. The molecule has 4 rings (SSSR count). The highest BCUT2D eigenvalue weighted by atomic mass is 16.5. The van der Waals surface area contributed by atoms with Crippen LogP contribution >= 0.6 is 0 Å². The van der Waals surface area contributed by atoms with Gasteiger partial charge in [0.05, 0.1) is 19.7 Å². The Hall–Kier alpha value is -3.88. The van der Waals surface area contributed by atoms with Crippen molar-refractivity contribution in [3.8, 4) is 22.6 Å². The van der Waals surface area contributed by atoms with Crippen LogP contribution in [0.5, 0.6) is 11.5 Å². The summed E-state index contributed by atoms with van der Waals surface area (Å²) < 4.78 is 11.1. The summed E-state index contributed by atoms with van der Waals surface area (Å²) in [7, 11) is 3.20. The fourth-order valence-electron chi connectivity index (χ4n) is 3.56. The lowest BCUT2D eigenvalue weighted by atomic mass is 9.96. The quantitative estimate of drug-likeness (QED) is 0.464. The number of tetrazole rings is 1. The zero-order chi connectivity index (χ0) is 20.4. The van der Waals surface area contributed by atoms with Crippen LogP contribution in [0.25, 0.3) is 22.0 Å². The molecule has 0 spiro atoms. The summed E-state index contributed by atoms with van der Waals surface area (Å²) in [5, 5.41) is 16.9. The van der Waals surface area contributed by atoms with Gasteiger partial charge in [-0.15, -0.1) is 5.10 Å². The molecule has 2 aromatic carbocycles. The van der Waals surface area contributed by atoms with Crippen LogP contribution in [0.2, 0.25) is 0 Å². The largest absolute Gasteiger partial charge is 0.493 e. The van der Waals surface area contributed by atoms with Crippen LogP contribution in [0.15, 0.2) is 36.4 Å². The van der Waals surface area contributed by atoms with E-state index < -0.39 is 0 Å². The Kier molecular flexibility index (Phi) is 4.86. The second-order valence-corrected chi connectivity index (χ2v) is 6.30.